The van der Waals surface area contributed by atoms with Crippen LogP contribution in [0.4, 0.5) is 0 Å². The molecule has 2 N–H and O–H groups in total. The van der Waals surface area contributed by atoms with E-state index in [4.69, 9.17) is 0 Å². The molecule has 4 nitrogen and oxygen atoms in total. The summed E-state index contributed by atoms with van der Waals surface area (Å²) >= 11 is 0. The van der Waals surface area contributed by atoms with Crippen molar-refractivity contribution in [2.75, 3.05) is 13.1 Å². The van der Waals surface area contributed by atoms with Crippen LogP contribution < -0.4 is 10.6 Å². The highest BCUT2D eigenvalue weighted by atomic mass is 127. The van der Waals surface area contributed by atoms with E-state index < -0.39 is 0 Å². The van der Waals surface area contributed by atoms with Crippen molar-refractivity contribution in [2.24, 2.45) is 12.0 Å². The van der Waals surface area contributed by atoms with Crippen molar-refractivity contribution in [3.8, 4) is 0 Å². The monoisotopic (exact) mass is 336 g/mol. The zero-order valence-electron chi connectivity index (χ0n) is 10.2. The fourth-order valence-corrected chi connectivity index (χ4v) is 1.33. The number of nitrogens with zero attached hydrogens (tertiary/aromatic N) is 2. The van der Waals surface area contributed by atoms with Crippen LogP contribution in [0.5, 0.6) is 0 Å². The second-order valence-electron chi connectivity index (χ2n) is 3.41. The Morgan fingerprint density at radius 3 is 2.38 bits per heavy atom. The molecular formula is C11H21IN4. The van der Waals surface area contributed by atoms with Crippen LogP contribution >= 0.6 is 24.0 Å². The molecule has 0 atom stereocenters. The highest BCUT2D eigenvalue weighted by molar-refractivity contribution is 14.0. The molecular weight excluding hydrogens is 315 g/mol. The van der Waals surface area contributed by atoms with Gasteiger partial charge in [0, 0.05) is 32.5 Å². The zero-order chi connectivity index (χ0) is 11.1. The summed E-state index contributed by atoms with van der Waals surface area (Å²) in [5.41, 5.74) is 1.23. The van der Waals surface area contributed by atoms with Gasteiger partial charge in [-0.05, 0) is 25.5 Å². The van der Waals surface area contributed by atoms with Crippen molar-refractivity contribution in [2.45, 2.75) is 20.4 Å². The first-order chi connectivity index (χ1) is 7.26. The molecule has 0 spiro atoms. The average Bonchev–Trinajstić information content (AvgIpc) is 2.61. The van der Waals surface area contributed by atoms with Crippen LogP contribution in [0.1, 0.15) is 19.4 Å². The number of aromatic nitrogens is 1. The van der Waals surface area contributed by atoms with Crippen molar-refractivity contribution in [3.63, 3.8) is 0 Å². The van der Waals surface area contributed by atoms with Crippen molar-refractivity contribution < 1.29 is 0 Å². The smallest absolute Gasteiger partial charge is 0.191 e. The minimum absolute atomic E-state index is 0. The van der Waals surface area contributed by atoms with E-state index in [1.807, 2.05) is 17.8 Å². The summed E-state index contributed by atoms with van der Waals surface area (Å²) in [4.78, 5) is 4.47. The van der Waals surface area contributed by atoms with Crippen LogP contribution in [0, 0.1) is 0 Å². The van der Waals surface area contributed by atoms with E-state index in [2.05, 4.69) is 41.7 Å². The molecule has 0 saturated heterocycles. The molecule has 0 radical (unpaired) electrons. The van der Waals surface area contributed by atoms with Gasteiger partial charge in [0.2, 0.25) is 0 Å². The highest BCUT2D eigenvalue weighted by Crippen LogP contribution is 2.00. The van der Waals surface area contributed by atoms with E-state index >= 15 is 0 Å². The Hall–Kier alpha value is -0.720. The zero-order valence-corrected chi connectivity index (χ0v) is 12.5. The maximum Gasteiger partial charge on any atom is 0.191 e. The molecule has 5 heteroatoms. The molecule has 0 bridgehead atoms. The maximum absolute atomic E-state index is 4.47. The van der Waals surface area contributed by atoms with Gasteiger partial charge in [0.05, 0.1) is 6.54 Å². The van der Waals surface area contributed by atoms with E-state index in [1.165, 1.54) is 5.56 Å². The van der Waals surface area contributed by atoms with Gasteiger partial charge in [0.1, 0.15) is 0 Å². The van der Waals surface area contributed by atoms with Gasteiger partial charge >= 0.3 is 0 Å². The van der Waals surface area contributed by atoms with Crippen molar-refractivity contribution >= 4 is 29.9 Å². The van der Waals surface area contributed by atoms with Crippen LogP contribution in [0.25, 0.3) is 0 Å². The summed E-state index contributed by atoms with van der Waals surface area (Å²) in [6, 6.07) is 2.08. The molecule has 0 aliphatic heterocycles. The molecule has 0 fully saturated rings. The summed E-state index contributed by atoms with van der Waals surface area (Å²) in [6.45, 7) is 6.63. The number of hydrogen-bond donors (Lipinski definition) is 2. The number of hydrogen-bond acceptors (Lipinski definition) is 1. The summed E-state index contributed by atoms with van der Waals surface area (Å²) in [7, 11) is 2.02. The molecule has 92 valence electrons. The summed E-state index contributed by atoms with van der Waals surface area (Å²) in [6.07, 6.45) is 4.12. The lowest BCUT2D eigenvalue weighted by Gasteiger charge is -2.08. The molecule has 0 aliphatic carbocycles. The predicted octanol–water partition coefficient (Wildman–Crippen LogP) is 1.72. The van der Waals surface area contributed by atoms with Gasteiger partial charge in [-0.25, -0.2) is 4.99 Å². The van der Waals surface area contributed by atoms with E-state index in [0.29, 0.717) is 0 Å². The number of aryl methyl sites for hydroxylation is 1. The molecule has 0 amide bonds. The largest absolute Gasteiger partial charge is 0.357 e. The first kappa shape index (κ1) is 15.3. The lowest BCUT2D eigenvalue weighted by Crippen LogP contribution is -2.36. The molecule has 1 aromatic rings. The normalized spacial score (nSPS) is 9.19. The van der Waals surface area contributed by atoms with Gasteiger partial charge < -0.3 is 15.2 Å². The Morgan fingerprint density at radius 1 is 1.31 bits per heavy atom. The highest BCUT2D eigenvalue weighted by Gasteiger charge is 1.96. The van der Waals surface area contributed by atoms with E-state index in [-0.39, 0.29) is 24.0 Å². The number of guanidine groups is 1. The standard InChI is InChI=1S/C11H20N4.HI/c1-4-12-11(13-5-2)14-8-10-6-7-15(3)9-10;/h6-7,9H,4-5,8H2,1-3H3,(H2,12,13,14);1H. The quantitative estimate of drug-likeness (QED) is 0.499. The van der Waals surface area contributed by atoms with Gasteiger partial charge in [-0.3, -0.25) is 0 Å². The van der Waals surface area contributed by atoms with Gasteiger partial charge in [0.15, 0.2) is 5.96 Å². The summed E-state index contributed by atoms with van der Waals surface area (Å²) in [5.74, 6) is 0.879. The minimum atomic E-state index is 0. The average molecular weight is 336 g/mol. The summed E-state index contributed by atoms with van der Waals surface area (Å²) in [5, 5.41) is 6.39. The SMILES string of the molecule is CCNC(=NCc1ccn(C)c1)NCC.I. The Kier molecular flexibility index (Phi) is 8.05. The van der Waals surface area contributed by atoms with Crippen LogP contribution in [0.15, 0.2) is 23.5 Å². The number of aliphatic imine (C=N–C) groups is 1. The van der Waals surface area contributed by atoms with Gasteiger partial charge in [-0.1, -0.05) is 0 Å². The number of nitrogens with one attached hydrogen (secondary N) is 2. The van der Waals surface area contributed by atoms with Crippen molar-refractivity contribution in [1.29, 1.82) is 0 Å². The lowest BCUT2D eigenvalue weighted by atomic mass is 10.3. The van der Waals surface area contributed by atoms with Crippen LogP contribution in [-0.2, 0) is 13.6 Å². The first-order valence-electron chi connectivity index (χ1n) is 5.39. The number of rotatable bonds is 4. The molecule has 0 unspecified atom stereocenters. The Balaban J connectivity index is 0.00000225. The molecule has 1 heterocycles. The van der Waals surface area contributed by atoms with E-state index in [9.17, 15) is 0 Å². The van der Waals surface area contributed by atoms with Gasteiger partial charge in [0.25, 0.3) is 0 Å². The third-order valence-electron chi connectivity index (χ3n) is 2.00. The molecule has 1 aromatic heterocycles. The maximum atomic E-state index is 4.47. The second kappa shape index (κ2) is 8.43. The third-order valence-corrected chi connectivity index (χ3v) is 2.00. The molecule has 0 aliphatic rings. The van der Waals surface area contributed by atoms with Crippen LogP contribution in [-0.4, -0.2) is 23.6 Å². The van der Waals surface area contributed by atoms with Gasteiger partial charge in [-0.15, -0.1) is 24.0 Å². The third kappa shape index (κ3) is 5.39. The van der Waals surface area contributed by atoms with Crippen LogP contribution in [0.3, 0.4) is 0 Å². The molecule has 0 saturated carbocycles. The Bertz CT molecular complexity index is 312. The van der Waals surface area contributed by atoms with E-state index in [0.717, 1.165) is 25.6 Å². The Labute approximate surface area is 115 Å². The van der Waals surface area contributed by atoms with E-state index in [1.54, 1.807) is 0 Å². The fourth-order valence-electron chi connectivity index (χ4n) is 1.33. The lowest BCUT2D eigenvalue weighted by molar-refractivity contribution is 0.838. The van der Waals surface area contributed by atoms with Crippen molar-refractivity contribution in [3.05, 3.63) is 24.0 Å². The molecule has 1 rings (SSSR count). The second-order valence-corrected chi connectivity index (χ2v) is 3.41. The summed E-state index contributed by atoms with van der Waals surface area (Å²) < 4.78 is 2.03. The predicted molar refractivity (Wildman–Crippen MR) is 79.3 cm³/mol. The number of halogens is 1. The topological polar surface area (TPSA) is 41.4 Å². The molecule has 16 heavy (non-hydrogen) atoms. The van der Waals surface area contributed by atoms with Crippen molar-refractivity contribution in [1.82, 2.24) is 15.2 Å². The van der Waals surface area contributed by atoms with Crippen LogP contribution in [0.2, 0.25) is 0 Å². The first-order valence-corrected chi connectivity index (χ1v) is 5.39. The minimum Gasteiger partial charge on any atom is -0.357 e. The molecule has 0 aromatic carbocycles. The fraction of sp³-hybridized carbons (Fsp3) is 0.545. The Morgan fingerprint density at radius 2 is 1.94 bits per heavy atom. The van der Waals surface area contributed by atoms with Gasteiger partial charge in [-0.2, -0.15) is 0 Å².